The zero-order chi connectivity index (χ0) is 81.7. The molecule has 0 aromatic carbocycles. The van der Waals surface area contributed by atoms with E-state index in [4.69, 9.17) is 37.0 Å². The van der Waals surface area contributed by atoms with Gasteiger partial charge in [0.15, 0.2) is 12.2 Å². The third-order valence-electron chi connectivity index (χ3n) is 16.7. The Morgan fingerprint density at radius 3 is 0.679 bits per heavy atom. The Bertz CT molecular complexity index is 2940. The molecule has 5 atom stereocenters. The van der Waals surface area contributed by atoms with Crippen LogP contribution in [-0.4, -0.2) is 96.7 Å². The van der Waals surface area contributed by atoms with Crippen molar-refractivity contribution in [3.8, 4) is 0 Å². The summed E-state index contributed by atoms with van der Waals surface area (Å²) in [5, 5.41) is 10.7. The number of rotatable bonds is 77. The fourth-order valence-corrected chi connectivity index (χ4v) is 12.0. The second-order valence-corrected chi connectivity index (χ2v) is 30.1. The molecule has 17 nitrogen and oxygen atoms in total. The third kappa shape index (κ3) is 81.6. The molecular formula is C93H148O17P2. The first-order valence-corrected chi connectivity index (χ1v) is 45.3. The predicted molar refractivity (Wildman–Crippen MR) is 463 cm³/mol. The van der Waals surface area contributed by atoms with Crippen molar-refractivity contribution in [1.29, 1.82) is 0 Å². The van der Waals surface area contributed by atoms with E-state index >= 15 is 0 Å². The van der Waals surface area contributed by atoms with Gasteiger partial charge in [0, 0.05) is 25.7 Å². The minimum Gasteiger partial charge on any atom is -0.462 e. The molecular weight excluding hydrogens is 1450 g/mol. The zero-order valence-corrected chi connectivity index (χ0v) is 71.0. The number of phosphoric acid groups is 2. The molecule has 3 N–H and O–H groups in total. The Morgan fingerprint density at radius 1 is 0.250 bits per heavy atom. The largest absolute Gasteiger partial charge is 0.472 e. The van der Waals surface area contributed by atoms with Crippen LogP contribution in [0.5, 0.6) is 0 Å². The molecule has 0 aromatic rings. The van der Waals surface area contributed by atoms with Crippen LogP contribution in [0, 0.1) is 0 Å². The first-order valence-electron chi connectivity index (χ1n) is 42.3. The molecule has 0 saturated carbocycles. The first kappa shape index (κ1) is 106. The highest BCUT2D eigenvalue weighted by Gasteiger charge is 2.30. The smallest absolute Gasteiger partial charge is 0.462 e. The van der Waals surface area contributed by atoms with Crippen molar-refractivity contribution in [1.82, 2.24) is 0 Å². The van der Waals surface area contributed by atoms with Crippen molar-refractivity contribution >= 4 is 39.5 Å². The second kappa shape index (κ2) is 82.6. The topological polar surface area (TPSA) is 237 Å². The van der Waals surface area contributed by atoms with Gasteiger partial charge in [0.1, 0.15) is 19.3 Å². The summed E-state index contributed by atoms with van der Waals surface area (Å²) >= 11 is 0. The molecule has 112 heavy (non-hydrogen) atoms. The maximum Gasteiger partial charge on any atom is 0.472 e. The number of hydrogen-bond acceptors (Lipinski definition) is 15. The van der Waals surface area contributed by atoms with Gasteiger partial charge >= 0.3 is 39.5 Å². The Hall–Kier alpha value is -6.36. The monoisotopic (exact) mass is 1600 g/mol. The van der Waals surface area contributed by atoms with E-state index in [0.29, 0.717) is 25.7 Å². The zero-order valence-electron chi connectivity index (χ0n) is 69.3. The highest BCUT2D eigenvalue weighted by atomic mass is 31.2. The molecule has 0 amide bonds. The summed E-state index contributed by atoms with van der Waals surface area (Å²) in [6.07, 6.45) is 104. The van der Waals surface area contributed by atoms with E-state index in [9.17, 15) is 43.2 Å². The lowest BCUT2D eigenvalue weighted by Crippen LogP contribution is -2.30. The second-order valence-electron chi connectivity index (χ2n) is 27.2. The predicted octanol–water partition coefficient (Wildman–Crippen LogP) is 25.4. The van der Waals surface area contributed by atoms with E-state index in [0.717, 1.165) is 218 Å². The summed E-state index contributed by atoms with van der Waals surface area (Å²) in [6.45, 7) is 4.30. The minimum absolute atomic E-state index is 0.0499. The standard InChI is InChI=1S/C93H148O17P2/c1-5-9-13-17-21-25-29-33-37-41-43-47-49-53-57-61-65-69-73-77-90(95)103-83-88(109-92(97)79-75-71-67-63-59-55-51-45-39-35-31-27-23-19-15-11-7-3)85-107-111(99,100)105-81-87(94)82-106-112(101,102)108-86-89(110-93(98)80-76-72-68-64-60-56-52-46-40-36-32-28-24-20-16-12-8-4)84-104-91(96)78-74-70-66-62-58-54-50-48-44-42-38-34-30-26-22-18-14-10-6-2/h9-16,21-28,33-40,43-44,47-48,51-53,55-57,87-89,94H,5-8,17-20,29-32,41-42,45-46,49-50,54,58-86H2,1-4H3,(H,99,100)(H,101,102)/b13-9-,14-10-,15-11-,16-12-,25-21-,26-22-,27-23-,28-24-,37-33-,38-34-,39-35-,40-36-,47-43-,48-44-,55-51-,56-52-,57-53-. The van der Waals surface area contributed by atoms with Crippen LogP contribution in [0.1, 0.15) is 297 Å². The van der Waals surface area contributed by atoms with Gasteiger partial charge in [-0.15, -0.1) is 0 Å². The van der Waals surface area contributed by atoms with Crippen LogP contribution >= 0.6 is 15.6 Å². The maximum atomic E-state index is 13.1. The van der Waals surface area contributed by atoms with Gasteiger partial charge in [-0.25, -0.2) is 9.13 Å². The normalized spacial score (nSPS) is 14.8. The number of phosphoric ester groups is 2. The Kier molecular flexibility index (Phi) is 77.9. The molecule has 632 valence electrons. The molecule has 0 rings (SSSR count). The lowest BCUT2D eigenvalue weighted by atomic mass is 10.1. The quantitative estimate of drug-likeness (QED) is 0.0169. The summed E-state index contributed by atoms with van der Waals surface area (Å²) < 4.78 is 68.8. The molecule has 0 spiro atoms. The SMILES string of the molecule is CC/C=C\C/C=C\C/C=C\C/C=C\C/C=C\CCCCCC(=O)OCC(COP(=O)(O)OCC(O)COP(=O)(O)OCC(COC(=O)CCCCCCCC/C=C\C/C=C\C/C=C\C/C=C\CC)OC(=O)CCCCCC/C=C\C/C=C\C/C=C\C/C=C\CC)OC(=O)CCCCCC/C=C\C/C=C\C/C=C\C/C=C\CC. The van der Waals surface area contributed by atoms with E-state index in [1.807, 2.05) is 0 Å². The molecule has 0 aliphatic rings. The van der Waals surface area contributed by atoms with E-state index < -0.39 is 97.5 Å². The average Bonchev–Trinajstić information content (AvgIpc) is 0.895. The molecule has 0 fully saturated rings. The molecule has 0 aliphatic heterocycles. The van der Waals surface area contributed by atoms with Crippen molar-refractivity contribution in [3.05, 3.63) is 207 Å². The van der Waals surface area contributed by atoms with Gasteiger partial charge in [0.2, 0.25) is 0 Å². The average molecular weight is 1600 g/mol. The van der Waals surface area contributed by atoms with Gasteiger partial charge < -0.3 is 33.8 Å². The van der Waals surface area contributed by atoms with Crippen molar-refractivity contribution in [3.63, 3.8) is 0 Å². The number of esters is 4. The van der Waals surface area contributed by atoms with Gasteiger partial charge in [0.05, 0.1) is 26.4 Å². The number of aliphatic hydroxyl groups is 1. The third-order valence-corrected chi connectivity index (χ3v) is 18.6. The number of hydrogen-bond donors (Lipinski definition) is 3. The molecule has 0 aromatic heterocycles. The van der Waals surface area contributed by atoms with Crippen molar-refractivity contribution in [2.24, 2.45) is 0 Å². The molecule has 19 heteroatoms. The van der Waals surface area contributed by atoms with Crippen molar-refractivity contribution in [2.75, 3.05) is 39.6 Å². The number of carbonyl (C=O) groups is 4. The van der Waals surface area contributed by atoms with Crippen molar-refractivity contribution < 1.29 is 80.2 Å². The summed E-state index contributed by atoms with van der Waals surface area (Å²) in [7, 11) is -10.0. The van der Waals surface area contributed by atoms with E-state index in [-0.39, 0.29) is 25.7 Å². The lowest BCUT2D eigenvalue weighted by Gasteiger charge is -2.21. The number of carbonyl (C=O) groups excluding carboxylic acids is 4. The summed E-state index contributed by atoms with van der Waals surface area (Å²) in [5.41, 5.74) is 0. The lowest BCUT2D eigenvalue weighted by molar-refractivity contribution is -0.161. The van der Waals surface area contributed by atoms with E-state index in [2.05, 4.69) is 234 Å². The fraction of sp³-hybridized carbons (Fsp3) is 0.591. The summed E-state index contributed by atoms with van der Waals surface area (Å²) in [4.78, 5) is 73.3. The molecule has 0 aliphatic carbocycles. The highest BCUT2D eigenvalue weighted by Crippen LogP contribution is 2.45. The Morgan fingerprint density at radius 2 is 0.438 bits per heavy atom. The van der Waals surface area contributed by atoms with Crippen LogP contribution in [-0.2, 0) is 65.4 Å². The van der Waals surface area contributed by atoms with Crippen LogP contribution < -0.4 is 0 Å². The maximum absolute atomic E-state index is 13.1. The van der Waals surface area contributed by atoms with Gasteiger partial charge in [-0.1, -0.05) is 292 Å². The van der Waals surface area contributed by atoms with Crippen LogP contribution in [0.3, 0.4) is 0 Å². The molecule has 5 unspecified atom stereocenters. The number of unbranched alkanes of at least 4 members (excludes halogenated alkanes) is 17. The minimum atomic E-state index is -5.01. The molecule has 0 heterocycles. The Labute approximate surface area is 678 Å². The number of ether oxygens (including phenoxy) is 4. The molecule has 0 saturated heterocycles. The molecule has 0 bridgehead atoms. The van der Waals surface area contributed by atoms with Gasteiger partial charge in [-0.05, 0) is 186 Å². The molecule has 0 radical (unpaired) electrons. The van der Waals surface area contributed by atoms with Crippen LogP contribution in [0.25, 0.3) is 0 Å². The van der Waals surface area contributed by atoms with Gasteiger partial charge in [0.25, 0.3) is 0 Å². The number of allylic oxidation sites excluding steroid dienone is 34. The fourth-order valence-electron chi connectivity index (χ4n) is 10.5. The van der Waals surface area contributed by atoms with Crippen LogP contribution in [0.4, 0.5) is 0 Å². The highest BCUT2D eigenvalue weighted by molar-refractivity contribution is 7.47. The van der Waals surface area contributed by atoms with Crippen molar-refractivity contribution in [2.45, 2.75) is 316 Å². The van der Waals surface area contributed by atoms with E-state index in [1.54, 1.807) is 0 Å². The Balaban J connectivity index is 5.50. The van der Waals surface area contributed by atoms with Gasteiger partial charge in [-0.3, -0.25) is 37.3 Å². The number of aliphatic hydroxyl groups excluding tert-OH is 1. The summed E-state index contributed by atoms with van der Waals surface area (Å²) in [6, 6.07) is 0. The van der Waals surface area contributed by atoms with Crippen LogP contribution in [0.15, 0.2) is 207 Å². The van der Waals surface area contributed by atoms with Gasteiger partial charge in [-0.2, -0.15) is 0 Å². The van der Waals surface area contributed by atoms with E-state index in [1.165, 1.54) is 0 Å². The summed E-state index contributed by atoms with van der Waals surface area (Å²) in [5.74, 6) is -2.30. The van der Waals surface area contributed by atoms with Crippen LogP contribution in [0.2, 0.25) is 0 Å². The first-order chi connectivity index (χ1) is 54.7.